The molecule has 3 unspecified atom stereocenters. The van der Waals surface area contributed by atoms with Crippen molar-refractivity contribution in [1.82, 2.24) is 5.32 Å². The molecule has 0 bridgehead atoms. The Morgan fingerprint density at radius 3 is 2.76 bits per heavy atom. The van der Waals surface area contributed by atoms with Crippen LogP contribution in [-0.4, -0.2) is 6.54 Å². The molecule has 1 aliphatic carbocycles. The fourth-order valence-corrected chi connectivity index (χ4v) is 4.34. The first-order chi connectivity index (χ1) is 10.2. The van der Waals surface area contributed by atoms with E-state index in [0.717, 1.165) is 28.4 Å². The predicted octanol–water partition coefficient (Wildman–Crippen LogP) is 6.36. The fraction of sp³-hybridized carbons (Fsp3) is 0.667. The van der Waals surface area contributed by atoms with Crippen LogP contribution in [0.15, 0.2) is 22.7 Å². The second-order valence-corrected chi connectivity index (χ2v) is 7.54. The molecule has 0 spiro atoms. The highest BCUT2D eigenvalue weighted by Crippen LogP contribution is 2.42. The maximum Gasteiger partial charge on any atom is 0.0454 e. The highest BCUT2D eigenvalue weighted by atomic mass is 79.9. The van der Waals surface area contributed by atoms with Crippen LogP contribution in [0.3, 0.4) is 0 Å². The molecule has 1 nitrogen and oxygen atoms in total. The number of halogens is 2. The summed E-state index contributed by atoms with van der Waals surface area (Å²) < 4.78 is 1.12. The van der Waals surface area contributed by atoms with Gasteiger partial charge >= 0.3 is 0 Å². The second-order valence-electron chi connectivity index (χ2n) is 6.21. The molecule has 0 heterocycles. The van der Waals surface area contributed by atoms with Gasteiger partial charge in [0.1, 0.15) is 0 Å². The molecule has 1 aromatic rings. The Bertz CT molecular complexity index is 449. The summed E-state index contributed by atoms with van der Waals surface area (Å²) in [5.74, 6) is 1.53. The van der Waals surface area contributed by atoms with Gasteiger partial charge in [0.2, 0.25) is 0 Å². The van der Waals surface area contributed by atoms with E-state index < -0.39 is 0 Å². The van der Waals surface area contributed by atoms with Crippen LogP contribution in [0, 0.1) is 11.8 Å². The number of rotatable bonds is 6. The van der Waals surface area contributed by atoms with Crippen molar-refractivity contribution in [2.45, 2.75) is 58.4 Å². The fourth-order valence-electron chi connectivity index (χ4n) is 3.73. The van der Waals surface area contributed by atoms with Gasteiger partial charge in [-0.05, 0) is 55.0 Å². The Kier molecular flexibility index (Phi) is 7.04. The van der Waals surface area contributed by atoms with Crippen molar-refractivity contribution in [3.8, 4) is 0 Å². The third-order valence-electron chi connectivity index (χ3n) is 4.83. The molecule has 0 amide bonds. The first kappa shape index (κ1) is 17.3. The Morgan fingerprint density at radius 1 is 1.29 bits per heavy atom. The summed E-state index contributed by atoms with van der Waals surface area (Å²) in [4.78, 5) is 0. The highest BCUT2D eigenvalue weighted by Gasteiger charge is 2.32. The third-order valence-corrected chi connectivity index (χ3v) is 5.67. The van der Waals surface area contributed by atoms with Gasteiger partial charge in [-0.15, -0.1) is 0 Å². The van der Waals surface area contributed by atoms with Crippen LogP contribution in [0.1, 0.15) is 64.0 Å². The quantitative estimate of drug-likeness (QED) is 0.612. The average Bonchev–Trinajstić information content (AvgIpc) is 2.51. The van der Waals surface area contributed by atoms with Crippen molar-refractivity contribution in [2.24, 2.45) is 11.8 Å². The molecule has 118 valence electrons. The van der Waals surface area contributed by atoms with E-state index in [1.165, 1.54) is 37.7 Å². The van der Waals surface area contributed by atoms with Crippen molar-refractivity contribution < 1.29 is 0 Å². The van der Waals surface area contributed by atoms with E-state index in [1.54, 1.807) is 0 Å². The zero-order chi connectivity index (χ0) is 15.2. The molecule has 0 aromatic heterocycles. The minimum Gasteiger partial charge on any atom is -0.310 e. The Labute approximate surface area is 143 Å². The van der Waals surface area contributed by atoms with Gasteiger partial charge in [-0.25, -0.2) is 0 Å². The minimum absolute atomic E-state index is 0.389. The highest BCUT2D eigenvalue weighted by molar-refractivity contribution is 9.10. The lowest BCUT2D eigenvalue weighted by Gasteiger charge is -2.38. The molecular weight excluding hydrogens is 346 g/mol. The minimum atomic E-state index is 0.389. The van der Waals surface area contributed by atoms with Gasteiger partial charge < -0.3 is 5.32 Å². The van der Waals surface area contributed by atoms with Gasteiger partial charge in [-0.3, -0.25) is 0 Å². The summed E-state index contributed by atoms with van der Waals surface area (Å²) >= 11 is 10.1. The van der Waals surface area contributed by atoms with E-state index in [0.29, 0.717) is 12.0 Å². The summed E-state index contributed by atoms with van der Waals surface area (Å²) in [6, 6.07) is 6.64. The standard InChI is InChI=1S/C18H27BrClN/c1-3-11-21-18(15-8-6-5-7-13(15)4-2)16-12-14(19)9-10-17(16)20/h9-10,12-13,15,18,21H,3-8,11H2,1-2H3. The third kappa shape index (κ3) is 4.46. The van der Waals surface area contributed by atoms with Crippen molar-refractivity contribution in [2.75, 3.05) is 6.54 Å². The molecular formula is C18H27BrClN. The summed E-state index contributed by atoms with van der Waals surface area (Å²) in [6.45, 7) is 5.62. The summed E-state index contributed by atoms with van der Waals surface area (Å²) in [6.07, 6.45) is 7.88. The van der Waals surface area contributed by atoms with Crippen molar-refractivity contribution in [3.63, 3.8) is 0 Å². The van der Waals surface area contributed by atoms with E-state index in [-0.39, 0.29) is 0 Å². The van der Waals surface area contributed by atoms with E-state index in [2.05, 4.69) is 41.2 Å². The van der Waals surface area contributed by atoms with Crippen molar-refractivity contribution >= 4 is 27.5 Å². The molecule has 1 saturated carbocycles. The molecule has 0 saturated heterocycles. The largest absolute Gasteiger partial charge is 0.310 e. The zero-order valence-electron chi connectivity index (χ0n) is 13.2. The summed E-state index contributed by atoms with van der Waals surface area (Å²) in [5, 5.41) is 4.68. The van der Waals surface area contributed by atoms with Crippen LogP contribution < -0.4 is 5.32 Å². The van der Waals surface area contributed by atoms with Gasteiger partial charge in [0.15, 0.2) is 0 Å². The van der Waals surface area contributed by atoms with Crippen molar-refractivity contribution in [3.05, 3.63) is 33.3 Å². The normalized spacial score (nSPS) is 24.0. The number of hydrogen-bond acceptors (Lipinski definition) is 1. The molecule has 0 aliphatic heterocycles. The molecule has 0 radical (unpaired) electrons. The maximum absolute atomic E-state index is 6.52. The topological polar surface area (TPSA) is 12.0 Å². The monoisotopic (exact) mass is 371 g/mol. The molecule has 1 N–H and O–H groups in total. The SMILES string of the molecule is CCCNC(c1cc(Br)ccc1Cl)C1CCCCC1CC. The van der Waals surface area contributed by atoms with Crippen molar-refractivity contribution in [1.29, 1.82) is 0 Å². The molecule has 2 rings (SSSR count). The van der Waals surface area contributed by atoms with Crippen LogP contribution in [0.25, 0.3) is 0 Å². The Hall–Kier alpha value is -0.0500. The van der Waals surface area contributed by atoms with Crippen LogP contribution in [0.4, 0.5) is 0 Å². The van der Waals surface area contributed by atoms with E-state index >= 15 is 0 Å². The molecule has 1 aromatic carbocycles. The average molecular weight is 373 g/mol. The molecule has 3 atom stereocenters. The summed E-state index contributed by atoms with van der Waals surface area (Å²) in [7, 11) is 0. The van der Waals surface area contributed by atoms with Gasteiger partial charge in [0, 0.05) is 15.5 Å². The predicted molar refractivity (Wildman–Crippen MR) is 95.9 cm³/mol. The van der Waals surface area contributed by atoms with Crippen LogP contribution in [0.5, 0.6) is 0 Å². The zero-order valence-corrected chi connectivity index (χ0v) is 15.5. The van der Waals surface area contributed by atoms with Gasteiger partial charge in [-0.2, -0.15) is 0 Å². The number of nitrogens with one attached hydrogen (secondary N) is 1. The Morgan fingerprint density at radius 2 is 2.05 bits per heavy atom. The number of benzene rings is 1. The van der Waals surface area contributed by atoms with E-state index in [1.807, 2.05) is 12.1 Å². The lowest BCUT2D eigenvalue weighted by molar-refractivity contribution is 0.175. The smallest absolute Gasteiger partial charge is 0.0454 e. The van der Waals surface area contributed by atoms with Crippen LogP contribution in [0.2, 0.25) is 5.02 Å². The lowest BCUT2D eigenvalue weighted by atomic mass is 9.72. The van der Waals surface area contributed by atoms with Gasteiger partial charge in [0.05, 0.1) is 0 Å². The lowest BCUT2D eigenvalue weighted by Crippen LogP contribution is -2.35. The van der Waals surface area contributed by atoms with Gasteiger partial charge in [-0.1, -0.05) is 67.1 Å². The summed E-state index contributed by atoms with van der Waals surface area (Å²) in [5.41, 5.74) is 1.27. The first-order valence-corrected chi connectivity index (χ1v) is 9.52. The molecule has 1 aliphatic rings. The first-order valence-electron chi connectivity index (χ1n) is 8.35. The van der Waals surface area contributed by atoms with E-state index in [4.69, 9.17) is 11.6 Å². The van der Waals surface area contributed by atoms with Gasteiger partial charge in [0.25, 0.3) is 0 Å². The second kappa shape index (κ2) is 8.55. The van der Waals surface area contributed by atoms with Crippen LogP contribution >= 0.6 is 27.5 Å². The Balaban J connectivity index is 2.30. The van der Waals surface area contributed by atoms with Crippen LogP contribution in [-0.2, 0) is 0 Å². The van der Waals surface area contributed by atoms with E-state index in [9.17, 15) is 0 Å². The molecule has 3 heteroatoms. The molecule has 1 fully saturated rings. The number of hydrogen-bond donors (Lipinski definition) is 1. The maximum atomic E-state index is 6.52. The molecule has 21 heavy (non-hydrogen) atoms.